The molecule has 30 heavy (non-hydrogen) atoms. The molecule has 1 aliphatic heterocycles. The van der Waals surface area contributed by atoms with Crippen molar-refractivity contribution in [1.29, 1.82) is 0 Å². The average molecular weight is 411 g/mol. The summed E-state index contributed by atoms with van der Waals surface area (Å²) in [5.74, 6) is 1.24. The van der Waals surface area contributed by atoms with Crippen LogP contribution in [0.1, 0.15) is 64.0 Å². The van der Waals surface area contributed by atoms with Crippen molar-refractivity contribution in [3.05, 3.63) is 53.5 Å². The highest BCUT2D eigenvalue weighted by Gasteiger charge is 2.25. The van der Waals surface area contributed by atoms with Crippen LogP contribution in [0.5, 0.6) is 0 Å². The van der Waals surface area contributed by atoms with E-state index in [0.29, 0.717) is 5.84 Å². The van der Waals surface area contributed by atoms with Gasteiger partial charge in [0, 0.05) is 5.69 Å². The molecule has 164 valence electrons. The third-order valence-corrected chi connectivity index (χ3v) is 5.39. The number of nitrogens with zero attached hydrogens (tertiary/aromatic N) is 3. The fourth-order valence-electron chi connectivity index (χ4n) is 3.69. The van der Waals surface area contributed by atoms with Crippen LogP contribution in [-0.4, -0.2) is 23.3 Å². The molecule has 0 saturated carbocycles. The monoisotopic (exact) mass is 410 g/mol. The van der Waals surface area contributed by atoms with Crippen LogP contribution < -0.4 is 16.4 Å². The zero-order chi connectivity index (χ0) is 22.1. The molecule has 1 aliphatic rings. The number of aliphatic imine (C=N–C) groups is 1. The minimum atomic E-state index is 0.0786. The molecule has 2 unspecified atom stereocenters. The molecule has 0 saturated heterocycles. The molecule has 1 aromatic carbocycles. The highest BCUT2D eigenvalue weighted by atomic mass is 15.5. The van der Waals surface area contributed by atoms with Crippen LogP contribution in [0, 0.1) is 19.8 Å². The first-order chi connectivity index (χ1) is 14.3. The smallest absolute Gasteiger partial charge is 0.138 e. The SMILES string of the molecule is C=C(Nc1c(C)cccc1C)C1=CN(/N=C\N=C(C)N)C(CCCC(C)CCC)N1. The van der Waals surface area contributed by atoms with Crippen molar-refractivity contribution < 1.29 is 0 Å². The maximum absolute atomic E-state index is 5.63. The number of hydrazone groups is 1. The van der Waals surface area contributed by atoms with E-state index in [-0.39, 0.29) is 6.17 Å². The lowest BCUT2D eigenvalue weighted by Crippen LogP contribution is -2.33. The Balaban J connectivity index is 2.08. The first kappa shape index (κ1) is 23.5. The summed E-state index contributed by atoms with van der Waals surface area (Å²) >= 11 is 0. The number of hydrogen-bond donors (Lipinski definition) is 3. The lowest BCUT2D eigenvalue weighted by molar-refractivity contribution is 0.264. The van der Waals surface area contributed by atoms with Crippen LogP contribution in [-0.2, 0) is 0 Å². The van der Waals surface area contributed by atoms with Crippen molar-refractivity contribution in [2.75, 3.05) is 5.32 Å². The number of aryl methyl sites for hydroxylation is 2. The second-order valence-electron chi connectivity index (χ2n) is 8.28. The lowest BCUT2D eigenvalue weighted by atomic mass is 9.99. The van der Waals surface area contributed by atoms with Gasteiger partial charge in [0.1, 0.15) is 12.5 Å². The molecular formula is C24H38N6. The summed E-state index contributed by atoms with van der Waals surface area (Å²) in [4.78, 5) is 4.08. The fraction of sp³-hybridized carbons (Fsp3) is 0.500. The summed E-state index contributed by atoms with van der Waals surface area (Å²) in [5, 5.41) is 13.5. The van der Waals surface area contributed by atoms with E-state index in [0.717, 1.165) is 35.8 Å². The van der Waals surface area contributed by atoms with Gasteiger partial charge in [-0.15, -0.1) is 0 Å². The Morgan fingerprint density at radius 2 is 2.03 bits per heavy atom. The van der Waals surface area contributed by atoms with E-state index in [1.54, 1.807) is 6.92 Å². The highest BCUT2D eigenvalue weighted by molar-refractivity contribution is 5.85. The third kappa shape index (κ3) is 6.94. The minimum absolute atomic E-state index is 0.0786. The van der Waals surface area contributed by atoms with Crippen molar-refractivity contribution in [2.24, 2.45) is 21.7 Å². The molecule has 0 spiro atoms. The number of rotatable bonds is 11. The van der Waals surface area contributed by atoms with Crippen LogP contribution in [0.3, 0.4) is 0 Å². The number of nitrogens with one attached hydrogen (secondary N) is 2. The molecule has 0 radical (unpaired) electrons. The Morgan fingerprint density at radius 1 is 1.33 bits per heavy atom. The van der Waals surface area contributed by atoms with Gasteiger partial charge in [0.2, 0.25) is 0 Å². The van der Waals surface area contributed by atoms with Gasteiger partial charge in [0.15, 0.2) is 0 Å². The maximum atomic E-state index is 5.63. The zero-order valence-electron chi connectivity index (χ0n) is 19.2. The molecule has 6 nitrogen and oxygen atoms in total. The number of benzene rings is 1. The molecular weight excluding hydrogens is 372 g/mol. The molecule has 2 rings (SSSR count). The predicted octanol–water partition coefficient (Wildman–Crippen LogP) is 5.23. The van der Waals surface area contributed by atoms with Crippen molar-refractivity contribution in [3.8, 4) is 0 Å². The second kappa shape index (κ2) is 11.4. The van der Waals surface area contributed by atoms with Gasteiger partial charge in [-0.2, -0.15) is 5.10 Å². The van der Waals surface area contributed by atoms with Crippen molar-refractivity contribution >= 4 is 17.9 Å². The van der Waals surface area contributed by atoms with E-state index in [2.05, 4.69) is 73.2 Å². The number of para-hydroxylation sites is 1. The van der Waals surface area contributed by atoms with Gasteiger partial charge >= 0.3 is 0 Å². The van der Waals surface area contributed by atoms with E-state index >= 15 is 0 Å². The molecule has 1 aromatic rings. The first-order valence-electron chi connectivity index (χ1n) is 10.9. The topological polar surface area (TPSA) is 78.0 Å². The molecule has 0 aromatic heterocycles. The molecule has 6 heteroatoms. The number of amidine groups is 1. The molecule has 0 fully saturated rings. The van der Waals surface area contributed by atoms with Gasteiger partial charge in [-0.1, -0.05) is 57.9 Å². The van der Waals surface area contributed by atoms with Gasteiger partial charge < -0.3 is 16.4 Å². The summed E-state index contributed by atoms with van der Waals surface area (Å²) in [5.41, 5.74) is 10.9. The molecule has 4 N–H and O–H groups in total. The maximum Gasteiger partial charge on any atom is 0.138 e. The summed E-state index contributed by atoms with van der Waals surface area (Å²) in [6.07, 6.45) is 9.45. The van der Waals surface area contributed by atoms with Gasteiger partial charge in [-0.25, -0.2) is 10.0 Å². The lowest BCUT2D eigenvalue weighted by Gasteiger charge is -2.22. The van der Waals surface area contributed by atoms with Crippen LogP contribution in [0.2, 0.25) is 0 Å². The zero-order valence-corrected chi connectivity index (χ0v) is 19.2. The third-order valence-electron chi connectivity index (χ3n) is 5.39. The average Bonchev–Trinajstić information content (AvgIpc) is 3.08. The molecule has 1 heterocycles. The Bertz CT molecular complexity index is 784. The first-order valence-corrected chi connectivity index (χ1v) is 10.9. The predicted molar refractivity (Wildman–Crippen MR) is 129 cm³/mol. The summed E-state index contributed by atoms with van der Waals surface area (Å²) in [7, 11) is 0. The highest BCUT2D eigenvalue weighted by Crippen LogP contribution is 2.26. The molecule has 0 amide bonds. The normalized spacial score (nSPS) is 17.8. The van der Waals surface area contributed by atoms with Crippen LogP contribution in [0.15, 0.2) is 52.5 Å². The second-order valence-corrected chi connectivity index (χ2v) is 8.28. The largest absolute Gasteiger partial charge is 0.387 e. The van der Waals surface area contributed by atoms with Gasteiger partial charge in [-0.05, 0) is 50.7 Å². The minimum Gasteiger partial charge on any atom is -0.387 e. The fourth-order valence-corrected chi connectivity index (χ4v) is 3.69. The van der Waals surface area contributed by atoms with Crippen molar-refractivity contribution in [2.45, 2.75) is 72.9 Å². The van der Waals surface area contributed by atoms with Crippen molar-refractivity contribution in [1.82, 2.24) is 10.3 Å². The standard InChI is InChI=1S/C24H38N6/c1-7-10-17(2)11-8-14-23-29-22(15-30(23)27-16-26-21(6)25)20(5)28-24-18(3)12-9-13-19(24)4/h9,12-13,15-17,23,28-29H,5,7-8,10-11,14H2,1-4,6H3,(H2,25,26,27). The van der Waals surface area contributed by atoms with Crippen LogP contribution >= 0.6 is 0 Å². The summed E-state index contributed by atoms with van der Waals surface area (Å²) < 4.78 is 0. The van der Waals surface area contributed by atoms with E-state index < -0.39 is 0 Å². The van der Waals surface area contributed by atoms with E-state index in [1.807, 2.05) is 11.2 Å². The van der Waals surface area contributed by atoms with Gasteiger partial charge in [0.25, 0.3) is 0 Å². The Hall–Kier alpha value is -2.76. The van der Waals surface area contributed by atoms with Crippen LogP contribution in [0.4, 0.5) is 5.69 Å². The van der Waals surface area contributed by atoms with E-state index in [4.69, 9.17) is 5.73 Å². The Kier molecular flexibility index (Phi) is 8.96. The Morgan fingerprint density at radius 3 is 2.67 bits per heavy atom. The Labute approximate surface area is 182 Å². The van der Waals surface area contributed by atoms with Gasteiger partial charge in [-0.3, -0.25) is 0 Å². The number of hydrogen-bond acceptors (Lipinski definition) is 4. The number of anilines is 1. The summed E-state index contributed by atoms with van der Waals surface area (Å²) in [6.45, 7) is 14.8. The van der Waals surface area contributed by atoms with Crippen LogP contribution in [0.25, 0.3) is 0 Å². The quantitative estimate of drug-likeness (QED) is 0.345. The van der Waals surface area contributed by atoms with Gasteiger partial charge in [0.05, 0.1) is 23.4 Å². The van der Waals surface area contributed by atoms with E-state index in [1.165, 1.54) is 36.7 Å². The summed E-state index contributed by atoms with van der Waals surface area (Å²) in [6, 6.07) is 6.27. The molecule has 0 bridgehead atoms. The van der Waals surface area contributed by atoms with E-state index in [9.17, 15) is 0 Å². The number of nitrogens with two attached hydrogens (primary N) is 1. The van der Waals surface area contributed by atoms with Crippen molar-refractivity contribution in [3.63, 3.8) is 0 Å². The molecule has 0 aliphatic carbocycles. The molecule has 2 atom stereocenters.